The number of carbonyl (C=O) groups excluding carboxylic acids is 2. The minimum absolute atomic E-state index is 0.0670. The Balaban J connectivity index is 1.62. The first kappa shape index (κ1) is 23.0. The first-order valence-corrected chi connectivity index (χ1v) is 11.6. The predicted molar refractivity (Wildman–Crippen MR) is 125 cm³/mol. The number of rotatable bonds is 8. The summed E-state index contributed by atoms with van der Waals surface area (Å²) in [6.07, 6.45) is 0.0670. The number of amides is 2. The largest absolute Gasteiger partial charge is 0.349 e. The van der Waals surface area contributed by atoms with Crippen molar-refractivity contribution >= 4 is 33.2 Å². The van der Waals surface area contributed by atoms with E-state index in [9.17, 15) is 18.0 Å². The molecular weight excluding hydrogens is 426 g/mol. The molecule has 0 bridgehead atoms. The maximum Gasteiger partial charge on any atom is 0.261 e. The van der Waals surface area contributed by atoms with Crippen molar-refractivity contribution in [2.24, 2.45) is 0 Å². The zero-order chi connectivity index (χ0) is 23.1. The highest BCUT2D eigenvalue weighted by molar-refractivity contribution is 7.92. The van der Waals surface area contributed by atoms with E-state index in [1.165, 1.54) is 12.1 Å². The quantitative estimate of drug-likeness (QED) is 0.482. The SMILES string of the molecule is Cc1ccc(NC(=O)CC(C)NC(=O)c2ccccc2)cc1NS(=O)(=O)c1ccccc1. The number of sulfonamides is 1. The molecule has 0 fully saturated rings. The molecule has 8 heteroatoms. The van der Waals surface area contributed by atoms with Gasteiger partial charge < -0.3 is 10.6 Å². The van der Waals surface area contributed by atoms with Crippen LogP contribution in [0.3, 0.4) is 0 Å². The second-order valence-corrected chi connectivity index (χ2v) is 9.12. The van der Waals surface area contributed by atoms with E-state index >= 15 is 0 Å². The fourth-order valence-electron chi connectivity index (χ4n) is 3.05. The van der Waals surface area contributed by atoms with Gasteiger partial charge in [0.25, 0.3) is 15.9 Å². The number of nitrogens with one attached hydrogen (secondary N) is 3. The van der Waals surface area contributed by atoms with E-state index in [1.54, 1.807) is 74.5 Å². The van der Waals surface area contributed by atoms with Crippen LogP contribution in [-0.4, -0.2) is 26.3 Å². The fraction of sp³-hybridized carbons (Fsp3) is 0.167. The summed E-state index contributed by atoms with van der Waals surface area (Å²) in [5.74, 6) is -0.551. The Morgan fingerprint density at radius 2 is 1.53 bits per heavy atom. The van der Waals surface area contributed by atoms with Gasteiger partial charge in [-0.3, -0.25) is 14.3 Å². The summed E-state index contributed by atoms with van der Waals surface area (Å²) >= 11 is 0. The molecule has 0 radical (unpaired) electrons. The number of anilines is 2. The number of hydrogen-bond donors (Lipinski definition) is 3. The van der Waals surface area contributed by atoms with E-state index in [0.717, 1.165) is 0 Å². The van der Waals surface area contributed by atoms with Gasteiger partial charge >= 0.3 is 0 Å². The van der Waals surface area contributed by atoms with Crippen LogP contribution in [0.25, 0.3) is 0 Å². The van der Waals surface area contributed by atoms with Crippen molar-refractivity contribution < 1.29 is 18.0 Å². The smallest absolute Gasteiger partial charge is 0.261 e. The summed E-state index contributed by atoms with van der Waals surface area (Å²) in [5.41, 5.74) is 2.06. The molecule has 0 aromatic heterocycles. The maximum absolute atomic E-state index is 12.6. The first-order chi connectivity index (χ1) is 15.2. The van der Waals surface area contributed by atoms with Gasteiger partial charge in [0.15, 0.2) is 0 Å². The number of benzene rings is 3. The number of carbonyl (C=O) groups is 2. The highest BCUT2D eigenvalue weighted by atomic mass is 32.2. The van der Waals surface area contributed by atoms with Gasteiger partial charge in [-0.1, -0.05) is 42.5 Å². The van der Waals surface area contributed by atoms with Gasteiger partial charge in [-0.05, 0) is 55.8 Å². The maximum atomic E-state index is 12.6. The molecule has 1 unspecified atom stereocenters. The molecule has 32 heavy (non-hydrogen) atoms. The Labute approximate surface area is 187 Å². The summed E-state index contributed by atoms with van der Waals surface area (Å²) < 4.78 is 27.8. The van der Waals surface area contributed by atoms with Crippen LogP contribution < -0.4 is 15.4 Å². The van der Waals surface area contributed by atoms with Gasteiger partial charge in [-0.25, -0.2) is 8.42 Å². The molecule has 2 amide bonds. The Hall–Kier alpha value is -3.65. The third-order valence-corrected chi connectivity index (χ3v) is 6.11. The van der Waals surface area contributed by atoms with Crippen LogP contribution in [0.4, 0.5) is 11.4 Å². The van der Waals surface area contributed by atoms with Gasteiger partial charge in [0, 0.05) is 23.7 Å². The lowest BCUT2D eigenvalue weighted by molar-refractivity contribution is -0.116. The van der Waals surface area contributed by atoms with E-state index < -0.39 is 10.0 Å². The Morgan fingerprint density at radius 3 is 2.19 bits per heavy atom. The van der Waals surface area contributed by atoms with Crippen LogP contribution in [0, 0.1) is 6.92 Å². The molecule has 0 aliphatic rings. The molecule has 0 heterocycles. The lowest BCUT2D eigenvalue weighted by atomic mass is 10.1. The minimum atomic E-state index is -3.75. The van der Waals surface area contributed by atoms with Crippen molar-refractivity contribution in [3.05, 3.63) is 90.0 Å². The zero-order valence-corrected chi connectivity index (χ0v) is 18.6. The zero-order valence-electron chi connectivity index (χ0n) is 17.8. The molecule has 0 saturated carbocycles. The lowest BCUT2D eigenvalue weighted by Gasteiger charge is -2.15. The van der Waals surface area contributed by atoms with Crippen LogP contribution >= 0.6 is 0 Å². The van der Waals surface area contributed by atoms with Crippen LogP contribution in [0.2, 0.25) is 0 Å². The first-order valence-electron chi connectivity index (χ1n) is 10.1. The van der Waals surface area contributed by atoms with Crippen molar-refractivity contribution in [1.82, 2.24) is 5.32 Å². The molecule has 3 aromatic carbocycles. The van der Waals surface area contributed by atoms with Crippen LogP contribution in [-0.2, 0) is 14.8 Å². The summed E-state index contributed by atoms with van der Waals surface area (Å²) in [4.78, 5) is 24.8. The third kappa shape index (κ3) is 6.18. The summed E-state index contributed by atoms with van der Waals surface area (Å²) in [6.45, 7) is 3.52. The average molecular weight is 452 g/mol. The van der Waals surface area contributed by atoms with Crippen molar-refractivity contribution in [2.45, 2.75) is 31.2 Å². The second-order valence-electron chi connectivity index (χ2n) is 7.44. The number of aryl methyl sites for hydroxylation is 1. The predicted octanol–water partition coefficient (Wildman–Crippen LogP) is 3.94. The molecule has 3 N–H and O–H groups in total. The van der Waals surface area contributed by atoms with Gasteiger partial charge in [0.1, 0.15) is 0 Å². The van der Waals surface area contributed by atoms with E-state index in [2.05, 4.69) is 15.4 Å². The van der Waals surface area contributed by atoms with Crippen molar-refractivity contribution in [3.63, 3.8) is 0 Å². The second kappa shape index (κ2) is 10.1. The molecule has 0 spiro atoms. The average Bonchev–Trinajstić information content (AvgIpc) is 2.77. The van der Waals surface area contributed by atoms with Crippen LogP contribution in [0.5, 0.6) is 0 Å². The molecule has 0 aliphatic heterocycles. The van der Waals surface area contributed by atoms with Crippen LogP contribution in [0.15, 0.2) is 83.8 Å². The van der Waals surface area contributed by atoms with Gasteiger partial charge in [-0.2, -0.15) is 0 Å². The molecule has 7 nitrogen and oxygen atoms in total. The molecule has 0 aliphatic carbocycles. The summed E-state index contributed by atoms with van der Waals surface area (Å²) in [7, 11) is -3.75. The van der Waals surface area contributed by atoms with Crippen LogP contribution in [0.1, 0.15) is 29.3 Å². The summed E-state index contributed by atoms with van der Waals surface area (Å²) in [5, 5.41) is 5.55. The van der Waals surface area contributed by atoms with Crippen molar-refractivity contribution in [2.75, 3.05) is 10.0 Å². The lowest BCUT2D eigenvalue weighted by Crippen LogP contribution is -2.35. The van der Waals surface area contributed by atoms with Gasteiger partial charge in [0.05, 0.1) is 10.6 Å². The van der Waals surface area contributed by atoms with E-state index in [-0.39, 0.29) is 29.2 Å². The van der Waals surface area contributed by atoms with E-state index in [1.807, 2.05) is 6.07 Å². The third-order valence-electron chi connectivity index (χ3n) is 4.72. The Morgan fingerprint density at radius 1 is 0.906 bits per heavy atom. The Kier molecular flexibility index (Phi) is 7.27. The topological polar surface area (TPSA) is 104 Å². The van der Waals surface area contributed by atoms with Gasteiger partial charge in [-0.15, -0.1) is 0 Å². The highest BCUT2D eigenvalue weighted by Gasteiger charge is 2.16. The molecule has 1 atom stereocenters. The van der Waals surface area contributed by atoms with E-state index in [0.29, 0.717) is 22.5 Å². The molecule has 3 aromatic rings. The van der Waals surface area contributed by atoms with Gasteiger partial charge in [0.2, 0.25) is 5.91 Å². The fourth-order valence-corrected chi connectivity index (χ4v) is 4.19. The van der Waals surface area contributed by atoms with Crippen molar-refractivity contribution in [3.8, 4) is 0 Å². The number of hydrogen-bond acceptors (Lipinski definition) is 4. The van der Waals surface area contributed by atoms with E-state index in [4.69, 9.17) is 0 Å². The van der Waals surface area contributed by atoms with Crippen molar-refractivity contribution in [1.29, 1.82) is 0 Å². The molecular formula is C24H25N3O4S. The molecule has 3 rings (SSSR count). The molecule has 166 valence electrons. The molecule has 0 saturated heterocycles. The summed E-state index contributed by atoms with van der Waals surface area (Å²) in [6, 6.07) is 21.4. The Bertz CT molecular complexity index is 1200. The monoisotopic (exact) mass is 451 g/mol. The normalized spacial score (nSPS) is 11.9. The standard InChI is InChI=1S/C24H25N3O4S/c1-17-13-14-20(16-22(17)27-32(30,31)21-11-7-4-8-12-21)26-23(28)15-18(2)25-24(29)19-9-5-3-6-10-19/h3-14,16,18,27H,15H2,1-2H3,(H,25,29)(H,26,28). The minimum Gasteiger partial charge on any atom is -0.349 e. The highest BCUT2D eigenvalue weighted by Crippen LogP contribution is 2.23.